The maximum Gasteiger partial charge on any atom is 0.274 e. The van der Waals surface area contributed by atoms with E-state index in [9.17, 15) is 33.9 Å². The first kappa shape index (κ1) is 57.5. The SMILES string of the molecule is Cc1ncsc1-c1ccc(CNC(=O)[C@@H]2C[C@@H](O)CN2C(=O)[C@@H](NC(=O)CCCC(=O)N2CCN(C3CCN(c4ccc(C(=O)N5CCC(CCCCNC(=O)/C=C/c6cccnc6)CC5)nn4)CC3)CC2)C(C)(C)C)cc1. The Morgan fingerprint density at radius 2 is 1.59 bits per heavy atom. The molecule has 6 amide bonds. The van der Waals surface area contributed by atoms with Gasteiger partial charge in [-0.05, 0) is 97.7 Å². The molecule has 0 bridgehead atoms. The molecule has 3 aromatic heterocycles. The van der Waals surface area contributed by atoms with E-state index in [1.807, 2.05) is 85.5 Å². The van der Waals surface area contributed by atoms with E-state index >= 15 is 0 Å². The Balaban J connectivity index is 0.690. The van der Waals surface area contributed by atoms with Crippen LogP contribution in [-0.4, -0.2) is 170 Å². The molecule has 4 fully saturated rings. The molecule has 4 aromatic rings. The van der Waals surface area contributed by atoms with Gasteiger partial charge in [0.2, 0.25) is 29.5 Å². The normalized spacial score (nSPS) is 19.2. The van der Waals surface area contributed by atoms with Crippen molar-refractivity contribution in [3.8, 4) is 10.4 Å². The number of hydrogen-bond acceptors (Lipinski definition) is 14. The van der Waals surface area contributed by atoms with Crippen LogP contribution in [0.3, 0.4) is 0 Å². The van der Waals surface area contributed by atoms with Crippen molar-refractivity contribution in [2.45, 2.75) is 129 Å². The molecule has 0 aliphatic carbocycles. The molecule has 4 aliphatic rings. The Labute approximate surface area is 462 Å². The van der Waals surface area contributed by atoms with Crippen molar-refractivity contribution in [1.29, 1.82) is 0 Å². The number of benzene rings is 1. The van der Waals surface area contributed by atoms with Crippen molar-refractivity contribution in [1.82, 2.24) is 55.7 Å². The number of anilines is 1. The van der Waals surface area contributed by atoms with E-state index < -0.39 is 29.5 Å². The first-order chi connectivity index (χ1) is 37.6. The number of aryl methyl sites for hydroxylation is 1. The highest BCUT2D eigenvalue weighted by Gasteiger charge is 2.44. The second kappa shape index (κ2) is 27.3. The summed E-state index contributed by atoms with van der Waals surface area (Å²) in [5, 5.41) is 28.3. The van der Waals surface area contributed by atoms with E-state index in [0.29, 0.717) is 56.8 Å². The number of carbonyl (C=O) groups excluding carboxylic acids is 6. The van der Waals surface area contributed by atoms with E-state index in [4.69, 9.17) is 0 Å². The van der Waals surface area contributed by atoms with Gasteiger partial charge in [-0.15, -0.1) is 21.5 Å². The van der Waals surface area contributed by atoms with E-state index in [1.54, 1.807) is 35.9 Å². The van der Waals surface area contributed by atoms with Crippen LogP contribution in [-0.2, 0) is 30.5 Å². The summed E-state index contributed by atoms with van der Waals surface area (Å²) in [4.78, 5) is 99.2. The summed E-state index contributed by atoms with van der Waals surface area (Å²) >= 11 is 1.57. The molecule has 4 aliphatic heterocycles. The highest BCUT2D eigenvalue weighted by atomic mass is 32.1. The number of nitrogens with one attached hydrogen (secondary N) is 3. The zero-order valence-corrected chi connectivity index (χ0v) is 46.6. The number of aromatic nitrogens is 4. The van der Waals surface area contributed by atoms with Crippen molar-refractivity contribution in [2.75, 3.05) is 70.3 Å². The minimum atomic E-state index is -0.946. The fraction of sp³-hybridized carbons (Fsp3) is 0.552. The summed E-state index contributed by atoms with van der Waals surface area (Å²) in [6.07, 6.45) is 13.4. The molecule has 8 rings (SSSR count). The van der Waals surface area contributed by atoms with Crippen LogP contribution in [0.1, 0.15) is 119 Å². The van der Waals surface area contributed by atoms with Gasteiger partial charge in [0.1, 0.15) is 12.1 Å². The lowest BCUT2D eigenvalue weighted by atomic mass is 9.85. The maximum absolute atomic E-state index is 14.1. The summed E-state index contributed by atoms with van der Waals surface area (Å²) in [5.41, 5.74) is 5.28. The third-order valence-corrected chi connectivity index (χ3v) is 16.7. The Kier molecular flexibility index (Phi) is 20.1. The molecule has 0 unspecified atom stereocenters. The molecular weight excluding hydrogens is 1010 g/mol. The van der Waals surface area contributed by atoms with Gasteiger partial charge in [-0.1, -0.05) is 63.9 Å². The molecule has 0 saturated carbocycles. The van der Waals surface area contributed by atoms with Gasteiger partial charge in [-0.25, -0.2) is 4.98 Å². The van der Waals surface area contributed by atoms with Crippen LogP contribution in [0.4, 0.5) is 5.82 Å². The molecule has 4 saturated heterocycles. The van der Waals surface area contributed by atoms with Gasteiger partial charge in [0, 0.05) is 116 Å². The first-order valence-electron chi connectivity index (χ1n) is 27.9. The van der Waals surface area contributed by atoms with E-state index in [1.165, 1.54) is 11.0 Å². The van der Waals surface area contributed by atoms with Crippen LogP contribution in [0.5, 0.6) is 0 Å². The fourth-order valence-corrected chi connectivity index (χ4v) is 11.8. The minimum absolute atomic E-state index is 0.00839. The molecule has 4 N–H and O–H groups in total. The summed E-state index contributed by atoms with van der Waals surface area (Å²) in [7, 11) is 0. The average molecular weight is 1090 g/mol. The van der Waals surface area contributed by atoms with E-state index in [-0.39, 0.29) is 61.9 Å². The number of piperidine rings is 2. The minimum Gasteiger partial charge on any atom is -0.391 e. The van der Waals surface area contributed by atoms with Crippen LogP contribution in [0.2, 0.25) is 0 Å². The molecule has 418 valence electrons. The van der Waals surface area contributed by atoms with Gasteiger partial charge in [-0.3, -0.25) is 38.7 Å². The predicted molar refractivity (Wildman–Crippen MR) is 300 cm³/mol. The number of hydrogen-bond donors (Lipinski definition) is 4. The lowest BCUT2D eigenvalue weighted by Gasteiger charge is -2.43. The summed E-state index contributed by atoms with van der Waals surface area (Å²) in [6.45, 7) is 14.2. The lowest BCUT2D eigenvalue weighted by Crippen LogP contribution is -2.57. The van der Waals surface area contributed by atoms with E-state index in [2.05, 4.69) is 45.9 Å². The monoisotopic (exact) mass is 1090 g/mol. The lowest BCUT2D eigenvalue weighted by molar-refractivity contribution is -0.144. The number of thiazole rings is 1. The van der Waals surface area contributed by atoms with Crippen molar-refractivity contribution >= 4 is 58.7 Å². The quantitative estimate of drug-likeness (QED) is 0.0657. The Morgan fingerprint density at radius 3 is 2.26 bits per heavy atom. The van der Waals surface area contributed by atoms with Crippen LogP contribution < -0.4 is 20.9 Å². The Bertz CT molecular complexity index is 2670. The first-order valence-corrected chi connectivity index (χ1v) is 28.8. The molecule has 20 heteroatoms. The Hall–Kier alpha value is -6.64. The average Bonchev–Trinajstić information content (AvgIpc) is 4.09. The van der Waals surface area contributed by atoms with Gasteiger partial charge in [-0.2, -0.15) is 0 Å². The molecule has 0 spiro atoms. The number of aliphatic hydroxyl groups is 1. The summed E-state index contributed by atoms with van der Waals surface area (Å²) < 4.78 is 0. The number of likely N-dealkylation sites (tertiary alicyclic amines) is 2. The Morgan fingerprint density at radius 1 is 0.833 bits per heavy atom. The second-order valence-corrected chi connectivity index (χ2v) is 23.2. The van der Waals surface area contributed by atoms with Crippen molar-refractivity contribution in [3.63, 3.8) is 0 Å². The molecule has 1 aromatic carbocycles. The molecule has 78 heavy (non-hydrogen) atoms. The van der Waals surface area contributed by atoms with Crippen LogP contribution in [0.15, 0.2) is 72.5 Å². The van der Waals surface area contributed by atoms with Gasteiger partial charge >= 0.3 is 0 Å². The fourth-order valence-electron chi connectivity index (χ4n) is 11.0. The number of carbonyl (C=O) groups is 6. The largest absolute Gasteiger partial charge is 0.391 e. The summed E-state index contributed by atoms with van der Waals surface area (Å²) in [6, 6.07) is 13.9. The molecular formula is C58H78N12O7S. The van der Waals surface area contributed by atoms with Crippen LogP contribution in [0, 0.1) is 18.3 Å². The van der Waals surface area contributed by atoms with Crippen molar-refractivity contribution < 1.29 is 33.9 Å². The molecule has 3 atom stereocenters. The third kappa shape index (κ3) is 15.8. The summed E-state index contributed by atoms with van der Waals surface area (Å²) in [5.74, 6) is 0.0177. The number of unbranched alkanes of at least 4 members (excludes halogenated alkanes) is 1. The smallest absolute Gasteiger partial charge is 0.274 e. The number of rotatable bonds is 20. The highest BCUT2D eigenvalue weighted by molar-refractivity contribution is 7.13. The van der Waals surface area contributed by atoms with Crippen LogP contribution in [0.25, 0.3) is 16.5 Å². The number of aliphatic hydroxyl groups excluding tert-OH is 1. The van der Waals surface area contributed by atoms with Gasteiger partial charge in [0.15, 0.2) is 11.5 Å². The van der Waals surface area contributed by atoms with Gasteiger partial charge in [0.25, 0.3) is 5.91 Å². The molecule has 19 nitrogen and oxygen atoms in total. The zero-order chi connectivity index (χ0) is 55.2. The van der Waals surface area contributed by atoms with Crippen molar-refractivity contribution in [3.05, 3.63) is 95.0 Å². The molecule has 0 radical (unpaired) electrons. The predicted octanol–water partition coefficient (Wildman–Crippen LogP) is 5.25. The van der Waals surface area contributed by atoms with Gasteiger partial charge in [0.05, 0.1) is 22.2 Å². The third-order valence-electron chi connectivity index (χ3n) is 15.7. The number of nitrogens with zero attached hydrogens (tertiary/aromatic N) is 9. The molecule has 7 heterocycles. The number of piperazine rings is 1. The number of amides is 6. The standard InChI is InChI=1S/C58H78N12O7S/c1-40-53(78-39-62-40)44-16-13-43(14-17-44)37-61-55(75)48-35-46(71)38-70(48)57(77)54(58(2,3)4)63-51(73)11-7-12-52(74)68-33-31-66(32-34-68)45-23-29-67(30-24-45)49-19-18-47(64-65-49)56(76)69-27-21-41(22-28-69)9-5-6-26-60-50(72)20-15-42-10-8-25-59-36-42/h8,10,13-20,25,36,39,41,45-46,48,54,71H,5-7,9,11-12,21-24,26-35,37-38H2,1-4H3,(H,60,72)(H,61,75)(H,63,73)/b20-15+/t46-,48+,54-/m1/s1. The van der Waals surface area contributed by atoms with Gasteiger partial charge < -0.3 is 40.7 Å². The number of pyridine rings is 1. The zero-order valence-electron chi connectivity index (χ0n) is 45.8. The topological polar surface area (TPSA) is 226 Å². The van der Waals surface area contributed by atoms with Crippen LogP contribution >= 0.6 is 11.3 Å². The number of β-amino-alcohol motifs (C(OH)–C–C–N with tert-alkyl or cyclic N) is 1. The maximum atomic E-state index is 14.1. The van der Waals surface area contributed by atoms with E-state index in [0.717, 1.165) is 104 Å². The van der Waals surface area contributed by atoms with Crippen molar-refractivity contribution in [2.24, 2.45) is 11.3 Å². The second-order valence-electron chi connectivity index (χ2n) is 22.4. The highest BCUT2D eigenvalue weighted by Crippen LogP contribution is 2.30.